The Kier molecular flexibility index (Phi) is 3.37. The van der Waals surface area contributed by atoms with Crippen molar-refractivity contribution in [2.24, 2.45) is 7.05 Å². The van der Waals surface area contributed by atoms with Crippen molar-refractivity contribution < 1.29 is 9.32 Å². The first-order valence-electron chi connectivity index (χ1n) is 7.73. The number of pyridine rings is 1. The van der Waals surface area contributed by atoms with Gasteiger partial charge in [0.1, 0.15) is 17.1 Å². The predicted octanol–water partition coefficient (Wildman–Crippen LogP) is 2.30. The third-order valence-corrected chi connectivity index (χ3v) is 3.91. The Labute approximate surface area is 137 Å². The fourth-order valence-electron chi connectivity index (χ4n) is 2.43. The van der Waals surface area contributed by atoms with Crippen LogP contribution in [0.3, 0.4) is 0 Å². The van der Waals surface area contributed by atoms with Crippen molar-refractivity contribution in [1.82, 2.24) is 24.9 Å². The number of aromatic nitrogens is 5. The van der Waals surface area contributed by atoms with E-state index in [1.807, 2.05) is 13.0 Å². The highest BCUT2D eigenvalue weighted by atomic mass is 16.5. The summed E-state index contributed by atoms with van der Waals surface area (Å²) in [5.74, 6) is 1.65. The summed E-state index contributed by atoms with van der Waals surface area (Å²) in [5, 5.41) is 11.0. The quantitative estimate of drug-likeness (QED) is 0.790. The molecule has 0 spiro atoms. The molecule has 3 aromatic heterocycles. The molecule has 0 saturated heterocycles. The van der Waals surface area contributed by atoms with Crippen molar-refractivity contribution in [3.05, 3.63) is 41.6 Å². The molecule has 3 aromatic rings. The van der Waals surface area contributed by atoms with E-state index in [1.54, 1.807) is 30.1 Å². The second-order valence-electron chi connectivity index (χ2n) is 5.88. The highest BCUT2D eigenvalue weighted by molar-refractivity contribution is 6.04. The molecule has 1 fully saturated rings. The SMILES string of the molecule is Cc1cccc(C(=O)Nc2c(-c3nc(C4CC4)no3)cnn2C)n1. The van der Waals surface area contributed by atoms with Crippen LogP contribution in [-0.4, -0.2) is 30.8 Å². The molecule has 0 bridgehead atoms. The zero-order valence-electron chi connectivity index (χ0n) is 13.4. The first-order valence-corrected chi connectivity index (χ1v) is 7.73. The molecule has 0 aromatic carbocycles. The number of anilines is 1. The first kappa shape index (κ1) is 14.6. The standard InChI is InChI=1S/C16H16N6O2/c1-9-4-3-5-12(18-9)15(23)20-14-11(8-17-22(14)2)16-19-13(21-24-16)10-6-7-10/h3-5,8,10H,6-7H2,1-2H3,(H,20,23). The van der Waals surface area contributed by atoms with Gasteiger partial charge in [0.05, 0.1) is 6.20 Å². The normalized spacial score (nSPS) is 13.9. The number of carbonyl (C=O) groups is 1. The molecular weight excluding hydrogens is 308 g/mol. The van der Waals surface area contributed by atoms with Crippen LogP contribution in [0.2, 0.25) is 0 Å². The van der Waals surface area contributed by atoms with Crippen molar-refractivity contribution in [2.75, 3.05) is 5.32 Å². The number of nitrogens with zero attached hydrogens (tertiary/aromatic N) is 5. The van der Waals surface area contributed by atoms with Crippen molar-refractivity contribution in [2.45, 2.75) is 25.7 Å². The molecular formula is C16H16N6O2. The van der Waals surface area contributed by atoms with Crippen LogP contribution in [0.4, 0.5) is 5.82 Å². The Bertz CT molecular complexity index is 909. The van der Waals surface area contributed by atoms with E-state index >= 15 is 0 Å². The third kappa shape index (κ3) is 2.66. The molecule has 0 aliphatic heterocycles. The number of hydrogen-bond donors (Lipinski definition) is 1. The smallest absolute Gasteiger partial charge is 0.275 e. The number of amides is 1. The van der Waals surface area contributed by atoms with Crippen LogP contribution >= 0.6 is 0 Å². The number of aryl methyl sites for hydroxylation is 2. The predicted molar refractivity (Wildman–Crippen MR) is 85.4 cm³/mol. The van der Waals surface area contributed by atoms with Crippen molar-refractivity contribution in [3.63, 3.8) is 0 Å². The van der Waals surface area contributed by atoms with Crippen LogP contribution < -0.4 is 5.32 Å². The molecule has 4 rings (SSSR count). The maximum absolute atomic E-state index is 12.4. The minimum absolute atomic E-state index is 0.314. The lowest BCUT2D eigenvalue weighted by Crippen LogP contribution is -2.16. The minimum atomic E-state index is -0.314. The van der Waals surface area contributed by atoms with Crippen molar-refractivity contribution in [1.29, 1.82) is 0 Å². The highest BCUT2D eigenvalue weighted by Gasteiger charge is 2.30. The van der Waals surface area contributed by atoms with Crippen LogP contribution in [0.25, 0.3) is 11.5 Å². The molecule has 8 heteroatoms. The van der Waals surface area contributed by atoms with E-state index in [4.69, 9.17) is 4.52 Å². The average molecular weight is 324 g/mol. The van der Waals surface area contributed by atoms with Crippen LogP contribution in [0, 0.1) is 6.92 Å². The summed E-state index contributed by atoms with van der Waals surface area (Å²) < 4.78 is 6.89. The van der Waals surface area contributed by atoms with E-state index in [9.17, 15) is 4.79 Å². The van der Waals surface area contributed by atoms with Gasteiger partial charge in [-0.1, -0.05) is 11.2 Å². The largest absolute Gasteiger partial charge is 0.334 e. The van der Waals surface area contributed by atoms with E-state index in [0.717, 1.165) is 18.5 Å². The number of carbonyl (C=O) groups excluding carboxylic acids is 1. The van der Waals surface area contributed by atoms with Crippen molar-refractivity contribution in [3.8, 4) is 11.5 Å². The van der Waals surface area contributed by atoms with Gasteiger partial charge in [0.25, 0.3) is 11.8 Å². The Balaban J connectivity index is 1.63. The van der Waals surface area contributed by atoms with E-state index in [0.29, 0.717) is 34.7 Å². The van der Waals surface area contributed by atoms with E-state index < -0.39 is 0 Å². The zero-order valence-corrected chi connectivity index (χ0v) is 13.4. The summed E-state index contributed by atoms with van der Waals surface area (Å²) in [7, 11) is 1.74. The van der Waals surface area contributed by atoms with Gasteiger partial charge in [-0.25, -0.2) is 4.98 Å². The Morgan fingerprint density at radius 1 is 1.33 bits per heavy atom. The summed E-state index contributed by atoms with van der Waals surface area (Å²) in [4.78, 5) is 21.1. The van der Waals surface area contributed by atoms with Gasteiger partial charge >= 0.3 is 0 Å². The van der Waals surface area contributed by atoms with Gasteiger partial charge in [0.15, 0.2) is 5.82 Å². The second kappa shape index (κ2) is 5.55. The van der Waals surface area contributed by atoms with Crippen LogP contribution in [-0.2, 0) is 7.05 Å². The van der Waals surface area contributed by atoms with E-state index in [-0.39, 0.29) is 5.91 Å². The summed E-state index contributed by atoms with van der Waals surface area (Å²) >= 11 is 0. The van der Waals surface area contributed by atoms with Crippen LogP contribution in [0.15, 0.2) is 28.9 Å². The lowest BCUT2D eigenvalue weighted by molar-refractivity contribution is 0.102. The molecule has 1 aliphatic rings. The van der Waals surface area contributed by atoms with Gasteiger partial charge in [-0.3, -0.25) is 9.48 Å². The van der Waals surface area contributed by atoms with Crippen LogP contribution in [0.5, 0.6) is 0 Å². The number of nitrogens with one attached hydrogen (secondary N) is 1. The summed E-state index contributed by atoms with van der Waals surface area (Å²) in [6, 6.07) is 5.29. The van der Waals surface area contributed by atoms with Crippen molar-refractivity contribution >= 4 is 11.7 Å². The lowest BCUT2D eigenvalue weighted by atomic mass is 10.2. The molecule has 1 N–H and O–H groups in total. The Morgan fingerprint density at radius 2 is 2.17 bits per heavy atom. The monoisotopic (exact) mass is 324 g/mol. The molecule has 0 radical (unpaired) electrons. The maximum atomic E-state index is 12.4. The zero-order chi connectivity index (χ0) is 16.7. The maximum Gasteiger partial charge on any atom is 0.275 e. The molecule has 24 heavy (non-hydrogen) atoms. The lowest BCUT2D eigenvalue weighted by Gasteiger charge is -2.06. The summed E-state index contributed by atoms with van der Waals surface area (Å²) in [6.45, 7) is 1.84. The highest BCUT2D eigenvalue weighted by Crippen LogP contribution is 2.39. The molecule has 1 aliphatic carbocycles. The fourth-order valence-corrected chi connectivity index (χ4v) is 2.43. The van der Waals surface area contributed by atoms with E-state index in [2.05, 4.69) is 25.5 Å². The summed E-state index contributed by atoms with van der Waals surface area (Å²) in [6.07, 6.45) is 3.78. The Hall–Kier alpha value is -3.03. The number of hydrogen-bond acceptors (Lipinski definition) is 6. The van der Waals surface area contributed by atoms with Gasteiger partial charge in [0, 0.05) is 18.7 Å². The van der Waals surface area contributed by atoms with Gasteiger partial charge in [-0.05, 0) is 31.9 Å². The Morgan fingerprint density at radius 3 is 2.92 bits per heavy atom. The fraction of sp³-hybridized carbons (Fsp3) is 0.312. The molecule has 0 unspecified atom stereocenters. The molecule has 1 amide bonds. The molecule has 122 valence electrons. The molecule has 8 nitrogen and oxygen atoms in total. The minimum Gasteiger partial charge on any atom is -0.334 e. The van der Waals surface area contributed by atoms with Gasteiger partial charge < -0.3 is 9.84 Å². The topological polar surface area (TPSA) is 98.7 Å². The molecule has 3 heterocycles. The summed E-state index contributed by atoms with van der Waals surface area (Å²) in [5.41, 5.74) is 1.71. The van der Waals surface area contributed by atoms with Crippen LogP contribution in [0.1, 0.15) is 40.8 Å². The van der Waals surface area contributed by atoms with E-state index in [1.165, 1.54) is 0 Å². The number of rotatable bonds is 4. The first-order chi connectivity index (χ1) is 11.6. The third-order valence-electron chi connectivity index (χ3n) is 3.91. The average Bonchev–Trinajstić information content (AvgIpc) is 3.20. The van der Waals surface area contributed by atoms with Gasteiger partial charge in [-0.15, -0.1) is 0 Å². The second-order valence-corrected chi connectivity index (χ2v) is 5.88. The van der Waals surface area contributed by atoms with Gasteiger partial charge in [0.2, 0.25) is 0 Å². The molecule has 0 atom stereocenters. The molecule has 1 saturated carbocycles. The van der Waals surface area contributed by atoms with Gasteiger partial charge in [-0.2, -0.15) is 10.1 Å².